The maximum atomic E-state index is 12.4. The van der Waals surface area contributed by atoms with Gasteiger partial charge in [0.1, 0.15) is 0 Å². The number of aromatic carboxylic acids is 1. The monoisotopic (exact) mass is 315 g/mol. The van der Waals surface area contributed by atoms with Gasteiger partial charge in [0, 0.05) is 5.69 Å². The Morgan fingerprint density at radius 2 is 1.82 bits per heavy atom. The zero-order chi connectivity index (χ0) is 16.2. The summed E-state index contributed by atoms with van der Waals surface area (Å²) < 4.78 is -0.902. The lowest BCUT2D eigenvalue weighted by atomic mass is 9.99. The van der Waals surface area contributed by atoms with Gasteiger partial charge < -0.3 is 10.4 Å². The lowest BCUT2D eigenvalue weighted by Crippen LogP contribution is -2.37. The van der Waals surface area contributed by atoms with E-state index in [4.69, 9.17) is 5.11 Å². The Kier molecular flexibility index (Phi) is 4.88. The van der Waals surface area contributed by atoms with Crippen LogP contribution in [0.25, 0.3) is 0 Å². The smallest absolute Gasteiger partial charge is 0.335 e. The first-order chi connectivity index (χ1) is 10.4. The van der Waals surface area contributed by atoms with Crippen LogP contribution in [0.3, 0.4) is 0 Å². The fourth-order valence-electron chi connectivity index (χ4n) is 2.07. The van der Waals surface area contributed by atoms with E-state index >= 15 is 0 Å². The van der Waals surface area contributed by atoms with Gasteiger partial charge in [-0.2, -0.15) is 12.6 Å². The van der Waals surface area contributed by atoms with Crippen molar-refractivity contribution < 1.29 is 14.7 Å². The third kappa shape index (κ3) is 4.11. The molecule has 0 fully saturated rings. The maximum absolute atomic E-state index is 12.4. The van der Waals surface area contributed by atoms with Crippen LogP contribution in [-0.4, -0.2) is 21.7 Å². The van der Waals surface area contributed by atoms with Crippen LogP contribution in [0.2, 0.25) is 0 Å². The van der Waals surface area contributed by atoms with Gasteiger partial charge in [0.25, 0.3) is 0 Å². The Morgan fingerprint density at radius 3 is 2.45 bits per heavy atom. The average Bonchev–Trinajstić information content (AvgIpc) is 2.48. The van der Waals surface area contributed by atoms with Crippen LogP contribution < -0.4 is 5.32 Å². The van der Waals surface area contributed by atoms with Crippen molar-refractivity contribution in [3.05, 3.63) is 65.7 Å². The number of carbonyl (C=O) groups excluding carboxylic acids is 1. The molecule has 2 rings (SSSR count). The molecule has 114 valence electrons. The Labute approximate surface area is 134 Å². The van der Waals surface area contributed by atoms with Crippen LogP contribution >= 0.6 is 12.6 Å². The normalized spacial score (nSPS) is 13.2. The van der Waals surface area contributed by atoms with Gasteiger partial charge in [-0.15, -0.1) is 0 Å². The van der Waals surface area contributed by atoms with Crippen LogP contribution in [-0.2, 0) is 11.2 Å². The molecule has 2 N–H and O–H groups in total. The summed E-state index contributed by atoms with van der Waals surface area (Å²) in [6, 6.07) is 15.7. The topological polar surface area (TPSA) is 66.4 Å². The molecular weight excluding hydrogens is 298 g/mol. The van der Waals surface area contributed by atoms with Gasteiger partial charge in [0.05, 0.1) is 10.3 Å². The highest BCUT2D eigenvalue weighted by molar-refractivity contribution is 7.82. The first kappa shape index (κ1) is 16.1. The largest absolute Gasteiger partial charge is 0.478 e. The van der Waals surface area contributed by atoms with Crippen molar-refractivity contribution in [3.8, 4) is 0 Å². The molecule has 0 aliphatic carbocycles. The van der Waals surface area contributed by atoms with Gasteiger partial charge in [-0.1, -0.05) is 36.4 Å². The Hall–Kier alpha value is -2.27. The van der Waals surface area contributed by atoms with Crippen molar-refractivity contribution in [1.29, 1.82) is 0 Å². The number of carbonyl (C=O) groups is 2. The maximum Gasteiger partial charge on any atom is 0.335 e. The molecule has 0 aromatic heterocycles. The Balaban J connectivity index is 2.10. The van der Waals surface area contributed by atoms with Gasteiger partial charge in [-0.05, 0) is 37.1 Å². The molecule has 5 heteroatoms. The first-order valence-corrected chi connectivity index (χ1v) is 7.24. The SMILES string of the molecule is CC(S)(Cc1ccccc1)C(=O)Nc1cccc(C(=O)O)c1. The van der Waals surface area contributed by atoms with Crippen molar-refractivity contribution in [2.24, 2.45) is 0 Å². The molecule has 0 aliphatic rings. The molecular formula is C17H17NO3S. The van der Waals surface area contributed by atoms with Gasteiger partial charge >= 0.3 is 5.97 Å². The molecule has 0 bridgehead atoms. The first-order valence-electron chi connectivity index (χ1n) is 6.79. The minimum atomic E-state index is -1.03. The molecule has 0 spiro atoms. The fourth-order valence-corrected chi connectivity index (χ4v) is 2.31. The van der Waals surface area contributed by atoms with Gasteiger partial charge in [-0.25, -0.2) is 4.79 Å². The fraction of sp³-hybridized carbons (Fsp3) is 0.176. The summed E-state index contributed by atoms with van der Waals surface area (Å²) in [5, 5.41) is 11.7. The second-order valence-electron chi connectivity index (χ2n) is 5.28. The minimum Gasteiger partial charge on any atom is -0.478 e. The van der Waals surface area contributed by atoms with E-state index in [0.717, 1.165) is 5.56 Å². The third-order valence-corrected chi connectivity index (χ3v) is 3.61. The number of hydrogen-bond donors (Lipinski definition) is 3. The standard InChI is InChI=1S/C17H17NO3S/c1-17(22,11-12-6-3-2-4-7-12)16(21)18-14-9-5-8-13(10-14)15(19)20/h2-10,22H,11H2,1H3,(H,18,21)(H,19,20). The Morgan fingerprint density at radius 1 is 1.14 bits per heavy atom. The summed E-state index contributed by atoms with van der Waals surface area (Å²) in [5.74, 6) is -1.31. The summed E-state index contributed by atoms with van der Waals surface area (Å²) >= 11 is 4.46. The summed E-state index contributed by atoms with van der Waals surface area (Å²) in [4.78, 5) is 23.3. The van der Waals surface area contributed by atoms with E-state index in [-0.39, 0.29) is 11.5 Å². The van der Waals surface area contributed by atoms with Crippen LogP contribution in [0.15, 0.2) is 54.6 Å². The van der Waals surface area contributed by atoms with E-state index in [1.165, 1.54) is 12.1 Å². The van der Waals surface area contributed by atoms with Gasteiger partial charge in [-0.3, -0.25) is 4.79 Å². The molecule has 4 nitrogen and oxygen atoms in total. The summed E-state index contributed by atoms with van der Waals surface area (Å²) in [6.07, 6.45) is 0.474. The number of hydrogen-bond acceptors (Lipinski definition) is 3. The molecule has 2 aromatic rings. The van der Waals surface area contributed by atoms with E-state index in [1.54, 1.807) is 19.1 Å². The zero-order valence-corrected chi connectivity index (χ0v) is 13.0. The van der Waals surface area contributed by atoms with Crippen molar-refractivity contribution in [2.75, 3.05) is 5.32 Å². The average molecular weight is 315 g/mol. The third-order valence-electron chi connectivity index (χ3n) is 3.25. The molecule has 0 saturated carbocycles. The number of rotatable bonds is 5. The van der Waals surface area contributed by atoms with E-state index in [1.807, 2.05) is 30.3 Å². The van der Waals surface area contributed by atoms with Crippen molar-refractivity contribution in [2.45, 2.75) is 18.1 Å². The number of carboxylic acids is 1. The van der Waals surface area contributed by atoms with E-state index in [9.17, 15) is 9.59 Å². The molecule has 1 atom stereocenters. The van der Waals surface area contributed by atoms with Crippen molar-refractivity contribution in [1.82, 2.24) is 0 Å². The number of nitrogens with one attached hydrogen (secondary N) is 1. The summed E-state index contributed by atoms with van der Waals surface area (Å²) in [5.41, 5.74) is 1.58. The zero-order valence-electron chi connectivity index (χ0n) is 12.1. The summed E-state index contributed by atoms with van der Waals surface area (Å²) in [6.45, 7) is 1.74. The number of benzene rings is 2. The predicted octanol–water partition coefficient (Wildman–Crippen LogP) is 3.25. The molecule has 22 heavy (non-hydrogen) atoms. The van der Waals surface area contributed by atoms with Crippen LogP contribution in [0.1, 0.15) is 22.8 Å². The molecule has 0 saturated heterocycles. The molecule has 0 aliphatic heterocycles. The van der Waals surface area contributed by atoms with Crippen molar-refractivity contribution >= 4 is 30.2 Å². The van der Waals surface area contributed by atoms with E-state index in [0.29, 0.717) is 12.1 Å². The van der Waals surface area contributed by atoms with Crippen LogP contribution in [0, 0.1) is 0 Å². The molecule has 2 aromatic carbocycles. The number of anilines is 1. The Bertz CT molecular complexity index is 683. The molecule has 0 heterocycles. The highest BCUT2D eigenvalue weighted by atomic mass is 32.1. The van der Waals surface area contributed by atoms with Crippen molar-refractivity contribution in [3.63, 3.8) is 0 Å². The minimum absolute atomic E-state index is 0.127. The second kappa shape index (κ2) is 6.66. The second-order valence-corrected chi connectivity index (χ2v) is 6.26. The summed E-state index contributed by atoms with van der Waals surface area (Å²) in [7, 11) is 0. The van der Waals surface area contributed by atoms with Gasteiger partial charge in [0.15, 0.2) is 0 Å². The lowest BCUT2D eigenvalue weighted by molar-refractivity contribution is -0.118. The lowest BCUT2D eigenvalue weighted by Gasteiger charge is -2.23. The van der Waals surface area contributed by atoms with Gasteiger partial charge in [0.2, 0.25) is 5.91 Å². The van der Waals surface area contributed by atoms with Crippen LogP contribution in [0.4, 0.5) is 5.69 Å². The highest BCUT2D eigenvalue weighted by Gasteiger charge is 2.29. The van der Waals surface area contributed by atoms with Crippen LogP contribution in [0.5, 0.6) is 0 Å². The quantitative estimate of drug-likeness (QED) is 0.742. The number of amides is 1. The number of thiol groups is 1. The molecule has 0 radical (unpaired) electrons. The molecule has 1 unspecified atom stereocenters. The number of carboxylic acid groups (broad SMARTS) is 1. The molecule has 1 amide bonds. The van der Waals surface area contributed by atoms with E-state index in [2.05, 4.69) is 17.9 Å². The highest BCUT2D eigenvalue weighted by Crippen LogP contribution is 2.23. The predicted molar refractivity (Wildman–Crippen MR) is 89.6 cm³/mol. The van der Waals surface area contributed by atoms with E-state index < -0.39 is 10.7 Å².